The van der Waals surface area contributed by atoms with Gasteiger partial charge in [-0.2, -0.15) is 0 Å². The van der Waals surface area contributed by atoms with E-state index in [0.29, 0.717) is 17.5 Å². The third-order valence-electron chi connectivity index (χ3n) is 3.08. The Morgan fingerprint density at radius 1 is 1.50 bits per heavy atom. The first-order chi connectivity index (χ1) is 7.83. The molecular formula is C11H14N4O. The van der Waals surface area contributed by atoms with Gasteiger partial charge in [0.05, 0.1) is 23.9 Å². The molecule has 0 amide bonds. The van der Waals surface area contributed by atoms with E-state index < -0.39 is 0 Å². The standard InChI is InChI=1S/C11H14N4O/c12-8-4-9-10(13-5-8)14-15-11(9)16-6-7-2-1-3-7/h4-5,7H,1-3,6,12H2,(H,13,14,15). The number of H-pyrrole nitrogens is 1. The van der Waals surface area contributed by atoms with Crippen molar-refractivity contribution in [1.82, 2.24) is 15.2 Å². The molecule has 16 heavy (non-hydrogen) atoms. The van der Waals surface area contributed by atoms with Gasteiger partial charge in [-0.15, -0.1) is 5.10 Å². The molecule has 1 aliphatic carbocycles. The van der Waals surface area contributed by atoms with Gasteiger partial charge in [0.15, 0.2) is 5.65 Å². The summed E-state index contributed by atoms with van der Waals surface area (Å²) in [7, 11) is 0. The summed E-state index contributed by atoms with van der Waals surface area (Å²) in [4.78, 5) is 4.14. The number of aromatic nitrogens is 3. The minimum Gasteiger partial charge on any atom is -0.476 e. The molecule has 0 bridgehead atoms. The molecule has 0 aliphatic heterocycles. The van der Waals surface area contributed by atoms with Crippen LogP contribution in [-0.4, -0.2) is 21.8 Å². The van der Waals surface area contributed by atoms with Crippen LogP contribution < -0.4 is 10.5 Å². The number of nitrogens with one attached hydrogen (secondary N) is 1. The molecule has 5 heteroatoms. The van der Waals surface area contributed by atoms with E-state index >= 15 is 0 Å². The third kappa shape index (κ3) is 1.58. The van der Waals surface area contributed by atoms with E-state index in [-0.39, 0.29) is 0 Å². The maximum atomic E-state index is 5.69. The van der Waals surface area contributed by atoms with E-state index in [2.05, 4.69) is 15.2 Å². The van der Waals surface area contributed by atoms with Crippen LogP contribution in [0, 0.1) is 5.92 Å². The van der Waals surface area contributed by atoms with Crippen molar-refractivity contribution in [2.45, 2.75) is 19.3 Å². The lowest BCUT2D eigenvalue weighted by molar-refractivity contribution is 0.177. The molecule has 0 radical (unpaired) electrons. The van der Waals surface area contributed by atoms with Crippen molar-refractivity contribution >= 4 is 16.7 Å². The molecule has 1 fully saturated rings. The molecule has 2 aromatic rings. The highest BCUT2D eigenvalue weighted by molar-refractivity contribution is 5.83. The van der Waals surface area contributed by atoms with E-state index in [1.807, 2.05) is 6.07 Å². The van der Waals surface area contributed by atoms with Crippen LogP contribution in [0.1, 0.15) is 19.3 Å². The van der Waals surface area contributed by atoms with Crippen LogP contribution >= 0.6 is 0 Å². The Kier molecular flexibility index (Phi) is 2.16. The molecule has 1 saturated carbocycles. The molecule has 84 valence electrons. The normalized spacial score (nSPS) is 16.2. The highest BCUT2D eigenvalue weighted by Gasteiger charge is 2.19. The lowest BCUT2D eigenvalue weighted by Crippen LogP contribution is -2.19. The fourth-order valence-corrected chi connectivity index (χ4v) is 1.86. The van der Waals surface area contributed by atoms with Crippen LogP contribution in [0.25, 0.3) is 11.0 Å². The van der Waals surface area contributed by atoms with Crippen molar-refractivity contribution in [1.29, 1.82) is 0 Å². The molecule has 3 rings (SSSR count). The second-order valence-corrected chi connectivity index (χ2v) is 4.30. The largest absolute Gasteiger partial charge is 0.476 e. The van der Waals surface area contributed by atoms with Crippen LogP contribution in [0.5, 0.6) is 5.88 Å². The SMILES string of the molecule is Nc1cnc2[nH]nc(OCC3CCC3)c2c1. The second kappa shape index (κ2) is 3.66. The Morgan fingerprint density at radius 2 is 2.38 bits per heavy atom. The number of aromatic amines is 1. The quantitative estimate of drug-likeness (QED) is 0.822. The van der Waals surface area contributed by atoms with E-state index in [0.717, 1.165) is 17.6 Å². The number of anilines is 1. The molecule has 0 unspecified atom stereocenters. The minimum atomic E-state index is 0.613. The van der Waals surface area contributed by atoms with E-state index in [1.165, 1.54) is 19.3 Å². The lowest BCUT2D eigenvalue weighted by Gasteiger charge is -2.24. The first-order valence-electron chi connectivity index (χ1n) is 5.55. The smallest absolute Gasteiger partial charge is 0.242 e. The second-order valence-electron chi connectivity index (χ2n) is 4.30. The highest BCUT2D eigenvalue weighted by Crippen LogP contribution is 2.28. The zero-order valence-corrected chi connectivity index (χ0v) is 8.94. The Hall–Kier alpha value is -1.78. The topological polar surface area (TPSA) is 76.8 Å². The summed E-state index contributed by atoms with van der Waals surface area (Å²) in [6, 6.07) is 1.84. The molecule has 0 saturated heterocycles. The number of ether oxygens (including phenoxy) is 1. The maximum absolute atomic E-state index is 5.69. The first-order valence-corrected chi connectivity index (χ1v) is 5.55. The summed E-state index contributed by atoms with van der Waals surface area (Å²) in [5.74, 6) is 1.31. The molecular weight excluding hydrogens is 204 g/mol. The number of pyridine rings is 1. The van der Waals surface area contributed by atoms with Gasteiger partial charge in [-0.3, -0.25) is 5.10 Å². The van der Waals surface area contributed by atoms with Crippen LogP contribution in [0.3, 0.4) is 0 Å². The van der Waals surface area contributed by atoms with E-state index in [1.54, 1.807) is 6.20 Å². The molecule has 1 aliphatic rings. The average Bonchev–Trinajstić information content (AvgIpc) is 2.59. The molecule has 5 nitrogen and oxygen atoms in total. The Morgan fingerprint density at radius 3 is 3.12 bits per heavy atom. The molecule has 0 atom stereocenters. The molecule has 3 N–H and O–H groups in total. The summed E-state index contributed by atoms with van der Waals surface area (Å²) in [6.45, 7) is 0.745. The number of nitrogen functional groups attached to an aromatic ring is 1. The van der Waals surface area contributed by atoms with Crippen LogP contribution in [0.15, 0.2) is 12.3 Å². The van der Waals surface area contributed by atoms with Gasteiger partial charge in [0.1, 0.15) is 0 Å². The molecule has 2 heterocycles. The summed E-state index contributed by atoms with van der Waals surface area (Å²) in [5, 5.41) is 7.80. The van der Waals surface area contributed by atoms with Crippen molar-refractivity contribution in [3.05, 3.63) is 12.3 Å². The highest BCUT2D eigenvalue weighted by atomic mass is 16.5. The van der Waals surface area contributed by atoms with Crippen LogP contribution in [-0.2, 0) is 0 Å². The zero-order valence-electron chi connectivity index (χ0n) is 8.94. The molecule has 0 aromatic carbocycles. The van der Waals surface area contributed by atoms with Gasteiger partial charge < -0.3 is 10.5 Å². The van der Waals surface area contributed by atoms with Crippen molar-refractivity contribution in [2.75, 3.05) is 12.3 Å². The Balaban J connectivity index is 1.82. The minimum absolute atomic E-state index is 0.613. The fourth-order valence-electron chi connectivity index (χ4n) is 1.86. The predicted molar refractivity (Wildman–Crippen MR) is 61.1 cm³/mol. The number of rotatable bonds is 3. The lowest BCUT2D eigenvalue weighted by atomic mass is 9.86. The summed E-state index contributed by atoms with van der Waals surface area (Å²) in [5.41, 5.74) is 7.03. The van der Waals surface area contributed by atoms with E-state index in [4.69, 9.17) is 10.5 Å². The van der Waals surface area contributed by atoms with Crippen LogP contribution in [0.4, 0.5) is 5.69 Å². The predicted octanol–water partition coefficient (Wildman–Crippen LogP) is 1.72. The number of fused-ring (bicyclic) bond motifs is 1. The van der Waals surface area contributed by atoms with Gasteiger partial charge in [-0.25, -0.2) is 4.98 Å². The zero-order chi connectivity index (χ0) is 11.0. The van der Waals surface area contributed by atoms with Crippen molar-refractivity contribution in [3.63, 3.8) is 0 Å². The van der Waals surface area contributed by atoms with Gasteiger partial charge in [-0.1, -0.05) is 6.42 Å². The summed E-state index contributed by atoms with van der Waals surface area (Å²) < 4.78 is 5.68. The van der Waals surface area contributed by atoms with Gasteiger partial charge in [0.25, 0.3) is 0 Å². The third-order valence-corrected chi connectivity index (χ3v) is 3.08. The summed E-state index contributed by atoms with van der Waals surface area (Å²) in [6.07, 6.45) is 5.46. The number of hydrogen-bond donors (Lipinski definition) is 2. The Labute approximate surface area is 93.0 Å². The van der Waals surface area contributed by atoms with Crippen molar-refractivity contribution < 1.29 is 4.74 Å². The summed E-state index contributed by atoms with van der Waals surface area (Å²) >= 11 is 0. The van der Waals surface area contributed by atoms with Gasteiger partial charge >= 0.3 is 0 Å². The first kappa shape index (κ1) is 9.45. The van der Waals surface area contributed by atoms with Crippen LogP contribution in [0.2, 0.25) is 0 Å². The van der Waals surface area contributed by atoms with Gasteiger partial charge in [0, 0.05) is 0 Å². The van der Waals surface area contributed by atoms with Crippen molar-refractivity contribution in [3.8, 4) is 5.88 Å². The maximum Gasteiger partial charge on any atom is 0.242 e. The van der Waals surface area contributed by atoms with E-state index in [9.17, 15) is 0 Å². The average molecular weight is 218 g/mol. The number of nitrogens with two attached hydrogens (primary N) is 1. The fraction of sp³-hybridized carbons (Fsp3) is 0.455. The number of hydrogen-bond acceptors (Lipinski definition) is 4. The van der Waals surface area contributed by atoms with Crippen molar-refractivity contribution in [2.24, 2.45) is 5.92 Å². The number of nitrogens with zero attached hydrogens (tertiary/aromatic N) is 2. The monoisotopic (exact) mass is 218 g/mol. The van der Waals surface area contributed by atoms with Gasteiger partial charge in [-0.05, 0) is 24.8 Å². The Bertz CT molecular complexity index is 504. The van der Waals surface area contributed by atoms with Gasteiger partial charge in [0.2, 0.25) is 5.88 Å². The molecule has 2 aromatic heterocycles. The molecule has 0 spiro atoms.